The first-order valence-corrected chi connectivity index (χ1v) is 9.19. The van der Waals surface area contributed by atoms with Crippen LogP contribution in [0.25, 0.3) is 0 Å². The van der Waals surface area contributed by atoms with E-state index in [9.17, 15) is 9.59 Å². The number of ether oxygens (including phenoxy) is 1. The summed E-state index contributed by atoms with van der Waals surface area (Å²) < 4.78 is 5.27. The quantitative estimate of drug-likeness (QED) is 0.832. The van der Waals surface area contributed by atoms with E-state index in [1.807, 2.05) is 34.9 Å². The van der Waals surface area contributed by atoms with Crippen molar-refractivity contribution in [1.82, 2.24) is 14.8 Å². The molecular weight excluding hydrogens is 342 g/mol. The van der Waals surface area contributed by atoms with Gasteiger partial charge in [-0.1, -0.05) is 12.1 Å². The SMILES string of the molecule is COc1ccc(CC(=O)N2CCCN(C(=O)c3cccnc3)CC2)cc1C. The number of nitrogens with zero attached hydrogens (tertiary/aromatic N) is 3. The summed E-state index contributed by atoms with van der Waals surface area (Å²) in [5.74, 6) is 0.893. The Balaban J connectivity index is 1.59. The number of hydrogen-bond donors (Lipinski definition) is 0. The highest BCUT2D eigenvalue weighted by Crippen LogP contribution is 2.19. The van der Waals surface area contributed by atoms with Crippen molar-refractivity contribution in [3.8, 4) is 5.75 Å². The molecular formula is C21H25N3O3. The summed E-state index contributed by atoms with van der Waals surface area (Å²) in [7, 11) is 1.64. The first-order valence-electron chi connectivity index (χ1n) is 9.19. The number of rotatable bonds is 4. The lowest BCUT2D eigenvalue weighted by Gasteiger charge is -2.22. The number of carbonyl (C=O) groups excluding carboxylic acids is 2. The third-order valence-corrected chi connectivity index (χ3v) is 4.86. The van der Waals surface area contributed by atoms with Crippen LogP contribution < -0.4 is 4.74 Å². The smallest absolute Gasteiger partial charge is 0.255 e. The number of carbonyl (C=O) groups is 2. The van der Waals surface area contributed by atoms with Gasteiger partial charge in [-0.15, -0.1) is 0 Å². The number of pyridine rings is 1. The Morgan fingerprint density at radius 2 is 1.89 bits per heavy atom. The number of aryl methyl sites for hydroxylation is 1. The zero-order chi connectivity index (χ0) is 19.2. The fourth-order valence-electron chi connectivity index (χ4n) is 3.38. The van der Waals surface area contributed by atoms with Gasteiger partial charge in [0.25, 0.3) is 5.91 Å². The summed E-state index contributed by atoms with van der Waals surface area (Å²) in [5, 5.41) is 0. The van der Waals surface area contributed by atoms with E-state index >= 15 is 0 Å². The molecule has 0 N–H and O–H groups in total. The zero-order valence-corrected chi connectivity index (χ0v) is 15.9. The van der Waals surface area contributed by atoms with E-state index in [0.29, 0.717) is 38.2 Å². The van der Waals surface area contributed by atoms with Gasteiger partial charge in [0.15, 0.2) is 0 Å². The highest BCUT2D eigenvalue weighted by atomic mass is 16.5. The molecule has 1 aliphatic rings. The molecule has 2 amide bonds. The van der Waals surface area contributed by atoms with E-state index in [1.165, 1.54) is 0 Å². The third kappa shape index (κ3) is 4.64. The van der Waals surface area contributed by atoms with Crippen LogP contribution in [0.4, 0.5) is 0 Å². The molecule has 6 nitrogen and oxygen atoms in total. The van der Waals surface area contributed by atoms with Crippen LogP contribution in [0.1, 0.15) is 27.9 Å². The minimum atomic E-state index is -0.0248. The normalized spacial score (nSPS) is 14.6. The van der Waals surface area contributed by atoms with Crippen molar-refractivity contribution in [3.05, 3.63) is 59.4 Å². The third-order valence-electron chi connectivity index (χ3n) is 4.86. The Morgan fingerprint density at radius 3 is 2.59 bits per heavy atom. The van der Waals surface area contributed by atoms with Gasteiger partial charge in [-0.05, 0) is 42.7 Å². The van der Waals surface area contributed by atoms with E-state index in [2.05, 4.69) is 4.98 Å². The van der Waals surface area contributed by atoms with Gasteiger partial charge in [0, 0.05) is 38.6 Å². The fourth-order valence-corrected chi connectivity index (χ4v) is 3.38. The molecule has 27 heavy (non-hydrogen) atoms. The average molecular weight is 367 g/mol. The largest absolute Gasteiger partial charge is 0.496 e. The van der Waals surface area contributed by atoms with Crippen molar-refractivity contribution in [2.45, 2.75) is 19.8 Å². The standard InChI is InChI=1S/C21H25N3O3/c1-16-13-17(6-7-19(16)27-2)14-20(25)23-9-4-10-24(12-11-23)21(26)18-5-3-8-22-15-18/h3,5-8,13,15H,4,9-12,14H2,1-2H3. The van der Waals surface area contributed by atoms with Crippen molar-refractivity contribution in [1.29, 1.82) is 0 Å². The summed E-state index contributed by atoms with van der Waals surface area (Å²) in [6, 6.07) is 9.36. The van der Waals surface area contributed by atoms with Gasteiger partial charge in [0.2, 0.25) is 5.91 Å². The summed E-state index contributed by atoms with van der Waals surface area (Å²) in [5.41, 5.74) is 2.59. The van der Waals surface area contributed by atoms with Crippen LogP contribution in [0.3, 0.4) is 0 Å². The molecule has 3 rings (SSSR count). The number of benzene rings is 1. The summed E-state index contributed by atoms with van der Waals surface area (Å²) >= 11 is 0. The van der Waals surface area contributed by atoms with Crippen molar-refractivity contribution < 1.29 is 14.3 Å². The molecule has 0 radical (unpaired) electrons. The van der Waals surface area contributed by atoms with Gasteiger partial charge in [0.05, 0.1) is 19.1 Å². The van der Waals surface area contributed by atoms with Gasteiger partial charge in [0.1, 0.15) is 5.75 Å². The lowest BCUT2D eigenvalue weighted by molar-refractivity contribution is -0.130. The average Bonchev–Trinajstić information content (AvgIpc) is 2.94. The molecule has 0 saturated carbocycles. The predicted octanol–water partition coefficient (Wildman–Crippen LogP) is 2.32. The molecule has 1 saturated heterocycles. The van der Waals surface area contributed by atoms with Crippen molar-refractivity contribution >= 4 is 11.8 Å². The minimum absolute atomic E-state index is 0.0248. The maximum atomic E-state index is 12.7. The molecule has 1 aromatic heterocycles. The van der Waals surface area contributed by atoms with Crippen LogP contribution in [0.15, 0.2) is 42.7 Å². The monoisotopic (exact) mass is 367 g/mol. The lowest BCUT2D eigenvalue weighted by Crippen LogP contribution is -2.38. The van der Waals surface area contributed by atoms with Crippen LogP contribution in [-0.2, 0) is 11.2 Å². The second-order valence-electron chi connectivity index (χ2n) is 6.75. The van der Waals surface area contributed by atoms with Crippen LogP contribution >= 0.6 is 0 Å². The van der Waals surface area contributed by atoms with Crippen LogP contribution in [0.5, 0.6) is 5.75 Å². The first kappa shape index (κ1) is 18.9. The molecule has 2 heterocycles. The Hall–Kier alpha value is -2.89. The molecule has 1 aromatic carbocycles. The van der Waals surface area contributed by atoms with Crippen molar-refractivity contribution in [3.63, 3.8) is 0 Å². The zero-order valence-electron chi connectivity index (χ0n) is 15.9. The van der Waals surface area contributed by atoms with E-state index in [-0.39, 0.29) is 11.8 Å². The summed E-state index contributed by atoms with van der Waals surface area (Å²) in [6.45, 7) is 4.39. The lowest BCUT2D eigenvalue weighted by atomic mass is 10.1. The number of amides is 2. The molecule has 0 bridgehead atoms. The Labute approximate surface area is 159 Å². The molecule has 0 unspecified atom stereocenters. The molecule has 0 spiro atoms. The topological polar surface area (TPSA) is 62.7 Å². The van der Waals surface area contributed by atoms with Crippen molar-refractivity contribution in [2.24, 2.45) is 0 Å². The van der Waals surface area contributed by atoms with E-state index in [1.54, 1.807) is 31.6 Å². The van der Waals surface area contributed by atoms with E-state index < -0.39 is 0 Å². The molecule has 0 aliphatic carbocycles. The maximum Gasteiger partial charge on any atom is 0.255 e. The van der Waals surface area contributed by atoms with Crippen LogP contribution in [0, 0.1) is 6.92 Å². The van der Waals surface area contributed by atoms with Crippen LogP contribution in [0.2, 0.25) is 0 Å². The second kappa shape index (κ2) is 8.66. The van der Waals surface area contributed by atoms with E-state index in [0.717, 1.165) is 23.3 Å². The van der Waals surface area contributed by atoms with Gasteiger partial charge in [-0.3, -0.25) is 14.6 Å². The summed E-state index contributed by atoms with van der Waals surface area (Å²) in [4.78, 5) is 33.0. The molecule has 2 aromatic rings. The molecule has 0 atom stereocenters. The summed E-state index contributed by atoms with van der Waals surface area (Å²) in [6.07, 6.45) is 4.38. The predicted molar refractivity (Wildman–Crippen MR) is 103 cm³/mol. The number of methoxy groups -OCH3 is 1. The minimum Gasteiger partial charge on any atom is -0.496 e. The van der Waals surface area contributed by atoms with Crippen LogP contribution in [-0.4, -0.2) is 59.9 Å². The molecule has 1 fully saturated rings. The highest BCUT2D eigenvalue weighted by molar-refractivity contribution is 5.94. The van der Waals surface area contributed by atoms with Gasteiger partial charge >= 0.3 is 0 Å². The molecule has 142 valence electrons. The maximum absolute atomic E-state index is 12.7. The van der Waals surface area contributed by atoms with Gasteiger partial charge in [-0.25, -0.2) is 0 Å². The fraction of sp³-hybridized carbons (Fsp3) is 0.381. The Morgan fingerprint density at radius 1 is 1.11 bits per heavy atom. The number of aromatic nitrogens is 1. The first-order chi connectivity index (χ1) is 13.1. The molecule has 6 heteroatoms. The van der Waals surface area contributed by atoms with Gasteiger partial charge in [-0.2, -0.15) is 0 Å². The van der Waals surface area contributed by atoms with E-state index in [4.69, 9.17) is 4.74 Å². The Bertz CT molecular complexity index is 808. The highest BCUT2D eigenvalue weighted by Gasteiger charge is 2.23. The second-order valence-corrected chi connectivity index (χ2v) is 6.75. The van der Waals surface area contributed by atoms with Gasteiger partial charge < -0.3 is 14.5 Å². The Kier molecular flexibility index (Phi) is 6.06. The number of hydrogen-bond acceptors (Lipinski definition) is 4. The molecule has 1 aliphatic heterocycles. The van der Waals surface area contributed by atoms with Crippen molar-refractivity contribution in [2.75, 3.05) is 33.3 Å².